The average molecular weight is 319 g/mol. The number of para-hydroxylation sites is 2. The van der Waals surface area contributed by atoms with Crippen molar-refractivity contribution in [2.75, 3.05) is 10.6 Å². The maximum absolute atomic E-state index is 13.0. The number of pyridine rings is 1. The van der Waals surface area contributed by atoms with E-state index in [1.807, 2.05) is 36.4 Å². The summed E-state index contributed by atoms with van der Waals surface area (Å²) in [6.07, 6.45) is 5.00. The van der Waals surface area contributed by atoms with Gasteiger partial charge in [0.05, 0.1) is 17.4 Å². The van der Waals surface area contributed by atoms with Gasteiger partial charge in [0.15, 0.2) is 5.78 Å². The van der Waals surface area contributed by atoms with Gasteiger partial charge in [-0.2, -0.15) is 0 Å². The second kappa shape index (κ2) is 5.48. The van der Waals surface area contributed by atoms with Crippen LogP contribution in [0.2, 0.25) is 0 Å². The third kappa shape index (κ3) is 2.58. The maximum Gasteiger partial charge on any atom is 0.163 e. The minimum absolute atomic E-state index is 0.0228. The third-order valence-corrected chi connectivity index (χ3v) is 4.76. The van der Waals surface area contributed by atoms with Crippen LogP contribution in [0.15, 0.2) is 60.1 Å². The molecule has 2 aromatic rings. The zero-order valence-electron chi connectivity index (χ0n) is 14.0. The fourth-order valence-electron chi connectivity index (χ4n) is 3.70. The standard InChI is InChI=1S/C20H21N3O/c1-20(2)11-16-18(17(24)12-20)19(13-7-9-21-10-8-13)23-15-6-4-3-5-14(15)22-16/h3-10,19,22-23H,11-12H2,1-2H3. The Kier molecular flexibility index (Phi) is 3.41. The molecule has 1 aromatic carbocycles. The molecule has 4 nitrogen and oxygen atoms in total. The first-order valence-corrected chi connectivity index (χ1v) is 8.32. The van der Waals surface area contributed by atoms with Crippen molar-refractivity contribution >= 4 is 17.2 Å². The van der Waals surface area contributed by atoms with Gasteiger partial charge in [-0.15, -0.1) is 0 Å². The van der Waals surface area contributed by atoms with Crippen LogP contribution >= 0.6 is 0 Å². The number of ketones is 1. The summed E-state index contributed by atoms with van der Waals surface area (Å²) < 4.78 is 0. The largest absolute Gasteiger partial charge is 0.372 e. The van der Waals surface area contributed by atoms with Crippen LogP contribution in [0.1, 0.15) is 38.3 Å². The number of nitrogens with one attached hydrogen (secondary N) is 2. The van der Waals surface area contributed by atoms with Gasteiger partial charge < -0.3 is 10.6 Å². The molecule has 0 saturated carbocycles. The molecule has 0 amide bonds. The molecule has 1 unspecified atom stereocenters. The molecule has 2 N–H and O–H groups in total. The van der Waals surface area contributed by atoms with Crippen LogP contribution in [-0.2, 0) is 4.79 Å². The van der Waals surface area contributed by atoms with Crippen molar-refractivity contribution in [2.24, 2.45) is 5.41 Å². The summed E-state index contributed by atoms with van der Waals surface area (Å²) in [6.45, 7) is 4.31. The van der Waals surface area contributed by atoms with Crippen LogP contribution in [0.3, 0.4) is 0 Å². The molecule has 1 aliphatic heterocycles. The van der Waals surface area contributed by atoms with Gasteiger partial charge in [-0.3, -0.25) is 9.78 Å². The molecule has 1 aliphatic carbocycles. The maximum atomic E-state index is 13.0. The first-order valence-electron chi connectivity index (χ1n) is 8.32. The highest BCUT2D eigenvalue weighted by atomic mass is 16.1. The van der Waals surface area contributed by atoms with Gasteiger partial charge in [-0.05, 0) is 41.7 Å². The highest BCUT2D eigenvalue weighted by Gasteiger charge is 2.38. The molecule has 1 aromatic heterocycles. The number of Topliss-reactive ketones (excluding diaryl/α,β-unsaturated/α-hetero) is 1. The SMILES string of the molecule is CC1(C)CC(=O)C2=C(C1)Nc1ccccc1NC2c1ccncc1. The summed E-state index contributed by atoms with van der Waals surface area (Å²) in [5.41, 5.74) is 4.97. The summed E-state index contributed by atoms with van der Waals surface area (Å²) >= 11 is 0. The highest BCUT2D eigenvalue weighted by Crippen LogP contribution is 2.45. The minimum atomic E-state index is -0.150. The fourth-order valence-corrected chi connectivity index (χ4v) is 3.70. The number of nitrogens with zero attached hydrogens (tertiary/aromatic N) is 1. The normalized spacial score (nSPS) is 21.9. The van der Waals surface area contributed by atoms with E-state index >= 15 is 0 Å². The van der Waals surface area contributed by atoms with Crippen molar-refractivity contribution in [3.8, 4) is 0 Å². The number of carbonyl (C=O) groups excluding carboxylic acids is 1. The molecule has 0 spiro atoms. The minimum Gasteiger partial charge on any atom is -0.372 e. The topological polar surface area (TPSA) is 54.0 Å². The van der Waals surface area contributed by atoms with Crippen LogP contribution < -0.4 is 10.6 Å². The Morgan fingerprint density at radius 3 is 2.50 bits per heavy atom. The smallest absolute Gasteiger partial charge is 0.163 e. The van der Waals surface area contributed by atoms with Gasteiger partial charge in [-0.25, -0.2) is 0 Å². The molecular weight excluding hydrogens is 298 g/mol. The Hall–Kier alpha value is -2.62. The van der Waals surface area contributed by atoms with Crippen LogP contribution in [0.4, 0.5) is 11.4 Å². The fraction of sp³-hybridized carbons (Fsp3) is 0.300. The molecule has 24 heavy (non-hydrogen) atoms. The van der Waals surface area contributed by atoms with Gasteiger partial charge in [0.25, 0.3) is 0 Å². The number of carbonyl (C=O) groups is 1. The second-order valence-corrected chi connectivity index (χ2v) is 7.36. The van der Waals surface area contributed by atoms with Crippen molar-refractivity contribution in [1.29, 1.82) is 0 Å². The lowest BCUT2D eigenvalue weighted by atomic mass is 9.73. The van der Waals surface area contributed by atoms with Crippen molar-refractivity contribution in [1.82, 2.24) is 4.98 Å². The molecule has 0 radical (unpaired) electrons. The number of fused-ring (bicyclic) bond motifs is 1. The van der Waals surface area contributed by atoms with E-state index < -0.39 is 0 Å². The average Bonchev–Trinajstić information content (AvgIpc) is 2.70. The van der Waals surface area contributed by atoms with Gasteiger partial charge in [0.1, 0.15) is 0 Å². The lowest BCUT2D eigenvalue weighted by Gasteiger charge is -2.34. The first kappa shape index (κ1) is 14.9. The van der Waals surface area contributed by atoms with Crippen molar-refractivity contribution in [2.45, 2.75) is 32.7 Å². The number of allylic oxidation sites excluding steroid dienone is 1. The van der Waals surface area contributed by atoms with Crippen molar-refractivity contribution < 1.29 is 4.79 Å². The molecule has 0 fully saturated rings. The first-order chi connectivity index (χ1) is 11.5. The summed E-state index contributed by atoms with van der Waals surface area (Å²) in [5, 5.41) is 7.09. The highest BCUT2D eigenvalue weighted by molar-refractivity contribution is 6.01. The van der Waals surface area contributed by atoms with E-state index in [0.29, 0.717) is 6.42 Å². The molecule has 2 aliphatic rings. The van der Waals surface area contributed by atoms with Gasteiger partial charge >= 0.3 is 0 Å². The van der Waals surface area contributed by atoms with E-state index in [9.17, 15) is 4.79 Å². The lowest BCUT2D eigenvalue weighted by Crippen LogP contribution is -2.31. The number of anilines is 2. The van der Waals surface area contributed by atoms with Crippen LogP contribution in [0.5, 0.6) is 0 Å². The zero-order chi connectivity index (χ0) is 16.7. The molecule has 0 saturated heterocycles. The summed E-state index contributed by atoms with van der Waals surface area (Å²) in [6, 6.07) is 11.9. The summed E-state index contributed by atoms with van der Waals surface area (Å²) in [4.78, 5) is 17.1. The molecule has 122 valence electrons. The Labute approximate surface area is 142 Å². The number of hydrogen-bond acceptors (Lipinski definition) is 4. The molecule has 0 bridgehead atoms. The van der Waals surface area contributed by atoms with E-state index in [4.69, 9.17) is 0 Å². The Balaban J connectivity index is 1.89. The predicted octanol–water partition coefficient (Wildman–Crippen LogP) is 4.30. The molecule has 4 heteroatoms. The Morgan fingerprint density at radius 2 is 1.75 bits per heavy atom. The monoisotopic (exact) mass is 319 g/mol. The molecule has 1 atom stereocenters. The van der Waals surface area contributed by atoms with Crippen molar-refractivity contribution in [3.05, 3.63) is 65.6 Å². The Morgan fingerprint density at radius 1 is 1.04 bits per heavy atom. The predicted molar refractivity (Wildman–Crippen MR) is 95.7 cm³/mol. The number of hydrogen-bond donors (Lipinski definition) is 2. The molecule has 4 rings (SSSR count). The van der Waals surface area contributed by atoms with Gasteiger partial charge in [-0.1, -0.05) is 26.0 Å². The van der Waals surface area contributed by atoms with Gasteiger partial charge in [0.2, 0.25) is 0 Å². The summed E-state index contributed by atoms with van der Waals surface area (Å²) in [7, 11) is 0. The van der Waals surface area contributed by atoms with E-state index in [0.717, 1.165) is 34.6 Å². The lowest BCUT2D eigenvalue weighted by molar-refractivity contribution is -0.118. The van der Waals surface area contributed by atoms with E-state index in [1.54, 1.807) is 12.4 Å². The molecular formula is C20H21N3O. The molecule has 2 heterocycles. The van der Waals surface area contributed by atoms with Crippen LogP contribution in [0.25, 0.3) is 0 Å². The summed E-state index contributed by atoms with van der Waals surface area (Å²) in [5.74, 6) is 0.218. The van der Waals surface area contributed by atoms with E-state index in [1.165, 1.54) is 0 Å². The van der Waals surface area contributed by atoms with E-state index in [2.05, 4.69) is 29.5 Å². The quantitative estimate of drug-likeness (QED) is 0.822. The number of benzene rings is 1. The van der Waals surface area contributed by atoms with Crippen molar-refractivity contribution in [3.63, 3.8) is 0 Å². The van der Waals surface area contributed by atoms with E-state index in [-0.39, 0.29) is 17.2 Å². The van der Waals surface area contributed by atoms with Crippen LogP contribution in [-0.4, -0.2) is 10.8 Å². The Bertz CT molecular complexity index is 824. The zero-order valence-corrected chi connectivity index (χ0v) is 14.0. The third-order valence-electron chi connectivity index (χ3n) is 4.76. The van der Waals surface area contributed by atoms with Crippen LogP contribution in [0, 0.1) is 5.41 Å². The van der Waals surface area contributed by atoms with Gasteiger partial charge in [0, 0.05) is 30.1 Å². The second-order valence-electron chi connectivity index (χ2n) is 7.36. The number of rotatable bonds is 1. The number of aromatic nitrogens is 1.